The number of carbonyl (C=O) groups is 1. The summed E-state index contributed by atoms with van der Waals surface area (Å²) in [6.45, 7) is 1.59. The highest BCUT2D eigenvalue weighted by Gasteiger charge is 2.10. The average molecular weight is 275 g/mol. The lowest BCUT2D eigenvalue weighted by molar-refractivity contribution is -0.141. The van der Waals surface area contributed by atoms with Crippen LogP contribution < -0.4 is 11.3 Å². The predicted molar refractivity (Wildman–Crippen MR) is 59.6 cm³/mol. The topological polar surface area (TPSA) is 74.3 Å². The highest BCUT2D eigenvalue weighted by Crippen LogP contribution is 2.16. The van der Waals surface area contributed by atoms with E-state index in [2.05, 4.69) is 20.7 Å². The minimum absolute atomic E-state index is 0.140. The maximum absolute atomic E-state index is 11.6. The molecule has 0 aliphatic rings. The average Bonchev–Trinajstić information content (AvgIpc) is 2.22. The van der Waals surface area contributed by atoms with Crippen LogP contribution in [0.2, 0.25) is 0 Å². The lowest BCUT2D eigenvalue weighted by atomic mass is 10.2. The van der Waals surface area contributed by atoms with E-state index in [0.717, 1.165) is 0 Å². The molecule has 1 aromatic heterocycles. The molecule has 0 unspecified atom stereocenters. The minimum Gasteiger partial charge on any atom is -0.468 e. The van der Waals surface area contributed by atoms with Crippen LogP contribution in [0, 0.1) is 6.92 Å². The SMILES string of the molecule is COC(=O)Cn1cc(N)c(C)c(Br)c1=O. The van der Waals surface area contributed by atoms with E-state index in [9.17, 15) is 9.59 Å². The molecule has 1 heterocycles. The molecule has 0 spiro atoms. The second-order valence-electron chi connectivity index (χ2n) is 3.03. The summed E-state index contributed by atoms with van der Waals surface area (Å²) in [6.07, 6.45) is 1.43. The van der Waals surface area contributed by atoms with Gasteiger partial charge in [-0.3, -0.25) is 9.59 Å². The molecule has 0 aliphatic carbocycles. The summed E-state index contributed by atoms with van der Waals surface area (Å²) < 4.78 is 6.04. The molecular weight excluding hydrogens is 264 g/mol. The number of carbonyl (C=O) groups excluding carboxylic acids is 1. The van der Waals surface area contributed by atoms with Crippen molar-refractivity contribution in [3.05, 3.63) is 26.6 Å². The zero-order valence-electron chi connectivity index (χ0n) is 8.41. The van der Waals surface area contributed by atoms with E-state index in [1.165, 1.54) is 17.9 Å². The highest BCUT2D eigenvalue weighted by molar-refractivity contribution is 9.10. The number of nitrogen functional groups attached to an aromatic ring is 1. The van der Waals surface area contributed by atoms with Gasteiger partial charge in [0, 0.05) is 6.20 Å². The third kappa shape index (κ3) is 2.38. The minimum atomic E-state index is -0.493. The van der Waals surface area contributed by atoms with Gasteiger partial charge in [-0.15, -0.1) is 0 Å². The summed E-state index contributed by atoms with van der Waals surface area (Å²) >= 11 is 3.13. The van der Waals surface area contributed by atoms with Crippen LogP contribution in [0.4, 0.5) is 5.69 Å². The summed E-state index contributed by atoms with van der Waals surface area (Å²) in [5.74, 6) is -0.493. The Balaban J connectivity index is 3.21. The third-order valence-corrected chi connectivity index (χ3v) is 2.97. The van der Waals surface area contributed by atoms with Crippen LogP contribution in [-0.2, 0) is 16.1 Å². The molecule has 0 atom stereocenters. The summed E-state index contributed by atoms with van der Waals surface area (Å²) in [4.78, 5) is 22.6. The molecule has 0 saturated carbocycles. The van der Waals surface area contributed by atoms with Gasteiger partial charge in [0.2, 0.25) is 0 Å². The molecule has 0 aliphatic heterocycles. The normalized spacial score (nSPS) is 10.1. The first-order valence-corrected chi connectivity index (χ1v) is 4.98. The molecule has 82 valence electrons. The zero-order valence-corrected chi connectivity index (χ0v) is 10.00. The molecule has 15 heavy (non-hydrogen) atoms. The molecule has 0 fully saturated rings. The Morgan fingerprint density at radius 2 is 2.27 bits per heavy atom. The smallest absolute Gasteiger partial charge is 0.325 e. The van der Waals surface area contributed by atoms with E-state index in [0.29, 0.717) is 15.7 Å². The van der Waals surface area contributed by atoms with Crippen molar-refractivity contribution in [1.82, 2.24) is 4.57 Å². The van der Waals surface area contributed by atoms with Gasteiger partial charge in [0.25, 0.3) is 5.56 Å². The van der Waals surface area contributed by atoms with Crippen molar-refractivity contribution < 1.29 is 9.53 Å². The number of esters is 1. The fourth-order valence-corrected chi connectivity index (χ4v) is 1.51. The van der Waals surface area contributed by atoms with Gasteiger partial charge in [-0.05, 0) is 28.4 Å². The quantitative estimate of drug-likeness (QED) is 0.805. The second kappa shape index (κ2) is 4.48. The Hall–Kier alpha value is -1.30. The van der Waals surface area contributed by atoms with Gasteiger partial charge in [0.05, 0.1) is 17.3 Å². The number of hydrogen-bond acceptors (Lipinski definition) is 4. The molecule has 5 nitrogen and oxygen atoms in total. The Kier molecular flexibility index (Phi) is 3.52. The van der Waals surface area contributed by atoms with Crippen molar-refractivity contribution >= 4 is 27.6 Å². The van der Waals surface area contributed by atoms with Gasteiger partial charge >= 0.3 is 5.97 Å². The van der Waals surface area contributed by atoms with Gasteiger partial charge in [-0.25, -0.2) is 0 Å². The standard InChI is InChI=1S/C9H11BrN2O3/c1-5-6(11)3-12(4-7(13)15-2)9(14)8(5)10/h3H,4,11H2,1-2H3. The van der Waals surface area contributed by atoms with E-state index in [1.807, 2.05) is 0 Å². The zero-order chi connectivity index (χ0) is 11.6. The highest BCUT2D eigenvalue weighted by atomic mass is 79.9. The summed E-state index contributed by atoms with van der Waals surface area (Å²) in [7, 11) is 1.26. The Morgan fingerprint density at radius 1 is 1.67 bits per heavy atom. The summed E-state index contributed by atoms with van der Waals surface area (Å²) in [6, 6.07) is 0. The van der Waals surface area contributed by atoms with Crippen molar-refractivity contribution in [3.8, 4) is 0 Å². The van der Waals surface area contributed by atoms with E-state index >= 15 is 0 Å². The van der Waals surface area contributed by atoms with Crippen molar-refractivity contribution in [3.63, 3.8) is 0 Å². The van der Waals surface area contributed by atoms with E-state index in [1.54, 1.807) is 6.92 Å². The number of anilines is 1. The van der Waals surface area contributed by atoms with Crippen molar-refractivity contribution in [2.45, 2.75) is 13.5 Å². The van der Waals surface area contributed by atoms with Crippen LogP contribution in [0.15, 0.2) is 15.5 Å². The first-order chi connectivity index (χ1) is 6.97. The molecule has 1 rings (SSSR count). The molecule has 1 aromatic rings. The molecule has 0 amide bonds. The third-order valence-electron chi connectivity index (χ3n) is 2.03. The molecule has 0 saturated heterocycles. The van der Waals surface area contributed by atoms with E-state index in [-0.39, 0.29) is 12.1 Å². The van der Waals surface area contributed by atoms with Crippen LogP contribution in [0.25, 0.3) is 0 Å². The van der Waals surface area contributed by atoms with E-state index < -0.39 is 5.97 Å². The summed E-state index contributed by atoms with van der Waals surface area (Å²) in [5, 5.41) is 0. The lowest BCUT2D eigenvalue weighted by Gasteiger charge is -2.08. The molecule has 0 radical (unpaired) electrons. The molecule has 0 bridgehead atoms. The number of nitrogens with two attached hydrogens (primary N) is 1. The van der Waals surface area contributed by atoms with Gasteiger partial charge in [0.1, 0.15) is 6.54 Å². The van der Waals surface area contributed by atoms with E-state index in [4.69, 9.17) is 5.73 Å². The van der Waals surface area contributed by atoms with Crippen LogP contribution in [0.5, 0.6) is 0 Å². The number of ether oxygens (including phenoxy) is 1. The van der Waals surface area contributed by atoms with Crippen LogP contribution in [0.3, 0.4) is 0 Å². The first-order valence-electron chi connectivity index (χ1n) is 4.19. The number of nitrogens with zero attached hydrogens (tertiary/aromatic N) is 1. The van der Waals surface area contributed by atoms with Crippen molar-refractivity contribution in [2.24, 2.45) is 0 Å². The van der Waals surface area contributed by atoms with Crippen molar-refractivity contribution in [1.29, 1.82) is 0 Å². The fraction of sp³-hybridized carbons (Fsp3) is 0.333. The van der Waals surface area contributed by atoms with Gasteiger partial charge < -0.3 is 15.0 Å². The Bertz CT molecular complexity index is 453. The number of halogens is 1. The number of pyridine rings is 1. The Morgan fingerprint density at radius 3 is 2.80 bits per heavy atom. The Labute approximate surface area is 95.0 Å². The maximum atomic E-state index is 11.6. The predicted octanol–water partition coefficient (Wildman–Crippen LogP) is 0.674. The van der Waals surface area contributed by atoms with Gasteiger partial charge in [-0.1, -0.05) is 0 Å². The monoisotopic (exact) mass is 274 g/mol. The van der Waals surface area contributed by atoms with Crippen LogP contribution in [0.1, 0.15) is 5.56 Å². The first kappa shape index (κ1) is 11.8. The van der Waals surface area contributed by atoms with Crippen LogP contribution >= 0.6 is 15.9 Å². The lowest BCUT2D eigenvalue weighted by Crippen LogP contribution is -2.26. The van der Waals surface area contributed by atoms with Gasteiger partial charge in [-0.2, -0.15) is 0 Å². The molecular formula is C9H11BrN2O3. The van der Waals surface area contributed by atoms with Crippen molar-refractivity contribution in [2.75, 3.05) is 12.8 Å². The molecule has 6 heteroatoms. The summed E-state index contributed by atoms with van der Waals surface area (Å²) in [5.41, 5.74) is 6.48. The molecule has 2 N–H and O–H groups in total. The largest absolute Gasteiger partial charge is 0.468 e. The second-order valence-corrected chi connectivity index (χ2v) is 3.83. The van der Waals surface area contributed by atoms with Gasteiger partial charge in [0.15, 0.2) is 0 Å². The number of methoxy groups -OCH3 is 1. The number of aromatic nitrogens is 1. The molecule has 0 aromatic carbocycles. The fourth-order valence-electron chi connectivity index (χ4n) is 1.06. The van der Waals surface area contributed by atoms with Crippen LogP contribution in [-0.4, -0.2) is 17.6 Å². The maximum Gasteiger partial charge on any atom is 0.325 e. The number of hydrogen-bond donors (Lipinski definition) is 1. The number of rotatable bonds is 2.